The van der Waals surface area contributed by atoms with Crippen LogP contribution in [0.15, 0.2) is 10.7 Å². The lowest BCUT2D eigenvalue weighted by Crippen LogP contribution is -2.19. The first-order valence-electron chi connectivity index (χ1n) is 4.52. The van der Waals surface area contributed by atoms with Crippen molar-refractivity contribution in [1.29, 1.82) is 0 Å². The van der Waals surface area contributed by atoms with Crippen LogP contribution in [0.1, 0.15) is 6.42 Å². The molecule has 1 rings (SSSR count). The molecule has 0 saturated heterocycles. The van der Waals surface area contributed by atoms with E-state index in [0.717, 1.165) is 36.2 Å². The maximum Gasteiger partial charge on any atom is 0.169 e. The van der Waals surface area contributed by atoms with Gasteiger partial charge in [0.1, 0.15) is 6.33 Å². The Bertz CT molecular complexity index is 218. The summed E-state index contributed by atoms with van der Waals surface area (Å²) in [5.74, 6) is 1.04. The molecule has 80 valence electrons. The lowest BCUT2D eigenvalue weighted by atomic mass is 10.4. The van der Waals surface area contributed by atoms with Crippen LogP contribution in [-0.2, 0) is 4.74 Å². The van der Waals surface area contributed by atoms with Gasteiger partial charge >= 0.3 is 0 Å². The fourth-order valence-electron chi connectivity index (χ4n) is 0.904. The first-order valence-corrected chi connectivity index (χ1v) is 6.28. The molecular weight excluding hydrogens is 218 g/mol. The van der Waals surface area contributed by atoms with E-state index in [2.05, 4.69) is 14.7 Å². The standard InChI is InChI=1S/C8H15N3OS2/c1-12-5-2-3-9-4-6-13-8-10-7-11-14-8/h7,9H,2-6H2,1H3. The molecule has 1 N–H and O–H groups in total. The summed E-state index contributed by atoms with van der Waals surface area (Å²) in [6.07, 6.45) is 2.67. The van der Waals surface area contributed by atoms with Gasteiger partial charge in [-0.15, -0.1) is 0 Å². The van der Waals surface area contributed by atoms with Crippen molar-refractivity contribution in [2.45, 2.75) is 10.8 Å². The summed E-state index contributed by atoms with van der Waals surface area (Å²) >= 11 is 3.19. The Kier molecular flexibility index (Phi) is 6.94. The molecule has 6 heteroatoms. The van der Waals surface area contributed by atoms with Gasteiger partial charge in [-0.1, -0.05) is 11.8 Å². The summed E-state index contributed by atoms with van der Waals surface area (Å²) in [5, 5.41) is 3.34. The Morgan fingerprint density at radius 3 is 3.21 bits per heavy atom. The number of thioether (sulfide) groups is 1. The normalized spacial score (nSPS) is 10.6. The zero-order valence-electron chi connectivity index (χ0n) is 8.23. The smallest absolute Gasteiger partial charge is 0.169 e. The quantitative estimate of drug-likeness (QED) is 0.541. The van der Waals surface area contributed by atoms with E-state index in [9.17, 15) is 0 Å². The molecule has 0 atom stereocenters. The highest BCUT2D eigenvalue weighted by Gasteiger charge is 1.96. The average molecular weight is 233 g/mol. The number of methoxy groups -OCH3 is 1. The van der Waals surface area contributed by atoms with Crippen LogP contribution >= 0.6 is 23.3 Å². The molecular formula is C8H15N3OS2. The molecule has 0 saturated carbocycles. The Morgan fingerprint density at radius 1 is 1.57 bits per heavy atom. The molecule has 1 heterocycles. The van der Waals surface area contributed by atoms with Crippen molar-refractivity contribution >= 4 is 23.3 Å². The number of rotatable bonds is 8. The molecule has 0 spiro atoms. The van der Waals surface area contributed by atoms with Crippen LogP contribution in [0.2, 0.25) is 0 Å². The summed E-state index contributed by atoms with van der Waals surface area (Å²) in [4.78, 5) is 4.09. The number of ether oxygens (including phenoxy) is 1. The third-order valence-corrected chi connectivity index (χ3v) is 3.35. The first kappa shape index (κ1) is 11.9. The summed E-state index contributed by atoms with van der Waals surface area (Å²) in [5.41, 5.74) is 0. The van der Waals surface area contributed by atoms with Gasteiger partial charge in [0, 0.05) is 26.0 Å². The molecule has 0 unspecified atom stereocenters. The molecule has 4 nitrogen and oxygen atoms in total. The van der Waals surface area contributed by atoms with Crippen LogP contribution in [0.5, 0.6) is 0 Å². The minimum absolute atomic E-state index is 0.830. The van der Waals surface area contributed by atoms with Crippen molar-refractivity contribution in [1.82, 2.24) is 14.7 Å². The van der Waals surface area contributed by atoms with Gasteiger partial charge in [-0.3, -0.25) is 0 Å². The van der Waals surface area contributed by atoms with E-state index >= 15 is 0 Å². The predicted octanol–water partition coefficient (Wildman–Crippen LogP) is 1.26. The molecule has 0 aliphatic carbocycles. The number of aromatic nitrogens is 2. The summed E-state index contributed by atoms with van der Waals surface area (Å²) in [6.45, 7) is 2.86. The minimum atomic E-state index is 0.830. The van der Waals surface area contributed by atoms with Gasteiger partial charge < -0.3 is 10.1 Å². The number of nitrogens with one attached hydrogen (secondary N) is 1. The van der Waals surface area contributed by atoms with Crippen LogP contribution in [0, 0.1) is 0 Å². The fourth-order valence-corrected chi connectivity index (χ4v) is 2.31. The summed E-state index contributed by atoms with van der Waals surface area (Å²) in [7, 11) is 1.73. The Hall–Kier alpha value is -0.170. The van der Waals surface area contributed by atoms with Gasteiger partial charge in [0.05, 0.1) is 0 Å². The van der Waals surface area contributed by atoms with Crippen LogP contribution in [0.4, 0.5) is 0 Å². The van der Waals surface area contributed by atoms with Gasteiger partial charge in [-0.25, -0.2) is 4.98 Å². The first-order chi connectivity index (χ1) is 6.93. The van der Waals surface area contributed by atoms with E-state index in [1.807, 2.05) is 0 Å². The second kappa shape index (κ2) is 8.16. The Balaban J connectivity index is 1.85. The van der Waals surface area contributed by atoms with Crippen LogP contribution < -0.4 is 5.32 Å². The maximum atomic E-state index is 4.95. The second-order valence-electron chi connectivity index (χ2n) is 2.65. The topological polar surface area (TPSA) is 47.0 Å². The summed E-state index contributed by atoms with van der Waals surface area (Å²) < 4.78 is 9.92. The highest BCUT2D eigenvalue weighted by atomic mass is 32.2. The van der Waals surface area contributed by atoms with Crippen LogP contribution in [-0.4, -0.2) is 41.9 Å². The van der Waals surface area contributed by atoms with Gasteiger partial charge in [-0.2, -0.15) is 4.37 Å². The van der Waals surface area contributed by atoms with E-state index in [1.165, 1.54) is 11.5 Å². The van der Waals surface area contributed by atoms with Crippen molar-refractivity contribution in [2.75, 3.05) is 32.6 Å². The SMILES string of the molecule is COCCCNCCSc1ncns1. The number of nitrogens with zero attached hydrogens (tertiary/aromatic N) is 2. The summed E-state index contributed by atoms with van der Waals surface area (Å²) in [6, 6.07) is 0. The second-order valence-corrected chi connectivity index (χ2v) is 4.77. The fraction of sp³-hybridized carbons (Fsp3) is 0.750. The lowest BCUT2D eigenvalue weighted by molar-refractivity contribution is 0.194. The zero-order valence-corrected chi connectivity index (χ0v) is 9.87. The largest absolute Gasteiger partial charge is 0.385 e. The molecule has 0 aromatic carbocycles. The average Bonchev–Trinajstić information content (AvgIpc) is 2.69. The molecule has 1 aromatic rings. The molecule has 14 heavy (non-hydrogen) atoms. The van der Waals surface area contributed by atoms with E-state index < -0.39 is 0 Å². The highest BCUT2D eigenvalue weighted by molar-refractivity contribution is 8.00. The van der Waals surface area contributed by atoms with Crippen molar-refractivity contribution in [3.8, 4) is 0 Å². The maximum absolute atomic E-state index is 4.95. The molecule has 0 amide bonds. The predicted molar refractivity (Wildman–Crippen MR) is 60.0 cm³/mol. The van der Waals surface area contributed by atoms with Gasteiger partial charge in [0.15, 0.2) is 4.34 Å². The van der Waals surface area contributed by atoms with E-state index in [0.29, 0.717) is 0 Å². The molecule has 0 bridgehead atoms. The van der Waals surface area contributed by atoms with Crippen LogP contribution in [0.25, 0.3) is 0 Å². The van der Waals surface area contributed by atoms with E-state index in [1.54, 1.807) is 25.2 Å². The van der Waals surface area contributed by atoms with Crippen molar-refractivity contribution in [2.24, 2.45) is 0 Å². The number of hydrogen-bond acceptors (Lipinski definition) is 6. The number of hydrogen-bond donors (Lipinski definition) is 1. The van der Waals surface area contributed by atoms with Crippen molar-refractivity contribution < 1.29 is 4.74 Å². The van der Waals surface area contributed by atoms with E-state index in [-0.39, 0.29) is 0 Å². The molecule has 0 aliphatic heterocycles. The van der Waals surface area contributed by atoms with Gasteiger partial charge in [-0.05, 0) is 24.5 Å². The van der Waals surface area contributed by atoms with Crippen molar-refractivity contribution in [3.63, 3.8) is 0 Å². The third-order valence-electron chi connectivity index (χ3n) is 1.55. The minimum Gasteiger partial charge on any atom is -0.385 e. The molecule has 1 aromatic heterocycles. The molecule has 0 radical (unpaired) electrons. The highest BCUT2D eigenvalue weighted by Crippen LogP contribution is 2.16. The lowest BCUT2D eigenvalue weighted by Gasteiger charge is -2.02. The molecule has 0 aliphatic rings. The third kappa shape index (κ3) is 5.54. The van der Waals surface area contributed by atoms with Gasteiger partial charge in [0.25, 0.3) is 0 Å². The van der Waals surface area contributed by atoms with Gasteiger partial charge in [0.2, 0.25) is 0 Å². The molecule has 0 fully saturated rings. The zero-order chi connectivity index (χ0) is 10.1. The van der Waals surface area contributed by atoms with Crippen LogP contribution in [0.3, 0.4) is 0 Å². The van der Waals surface area contributed by atoms with E-state index in [4.69, 9.17) is 4.74 Å². The Morgan fingerprint density at radius 2 is 2.50 bits per heavy atom. The Labute approximate surface area is 92.6 Å². The monoisotopic (exact) mass is 233 g/mol. The van der Waals surface area contributed by atoms with Crippen molar-refractivity contribution in [3.05, 3.63) is 6.33 Å².